The normalized spacial score (nSPS) is 12.9. The van der Waals surface area contributed by atoms with Crippen LogP contribution in [0.25, 0.3) is 17.7 Å². The molecule has 1 aliphatic rings. The molecule has 0 atom stereocenters. The first-order valence-corrected chi connectivity index (χ1v) is 11.0. The van der Waals surface area contributed by atoms with E-state index < -0.39 is 0 Å². The summed E-state index contributed by atoms with van der Waals surface area (Å²) in [7, 11) is 0. The zero-order chi connectivity index (χ0) is 21.9. The van der Waals surface area contributed by atoms with Crippen molar-refractivity contribution in [3.05, 3.63) is 118 Å². The van der Waals surface area contributed by atoms with Gasteiger partial charge in [-0.1, -0.05) is 35.9 Å². The molecule has 4 nitrogen and oxygen atoms in total. The number of fused-ring (bicyclic) bond motifs is 1. The molecule has 3 aromatic heterocycles. The first kappa shape index (κ1) is 20.1. The van der Waals surface area contributed by atoms with Gasteiger partial charge in [-0.2, -0.15) is 0 Å². The van der Waals surface area contributed by atoms with Gasteiger partial charge in [0.1, 0.15) is 5.82 Å². The van der Waals surface area contributed by atoms with E-state index in [0.717, 1.165) is 35.9 Å². The number of allylic oxidation sites excluding steroid dienone is 2. The fraction of sp³-hybridized carbons (Fsp3) is 0.179. The Labute approximate surface area is 188 Å². The summed E-state index contributed by atoms with van der Waals surface area (Å²) in [6, 6.07) is 14.9. The highest BCUT2D eigenvalue weighted by Crippen LogP contribution is 2.18. The number of aryl methyl sites for hydroxylation is 2. The smallest absolute Gasteiger partial charge is 0.114 e. The summed E-state index contributed by atoms with van der Waals surface area (Å²) in [4.78, 5) is 13.4. The highest BCUT2D eigenvalue weighted by molar-refractivity contribution is 5.88. The molecule has 0 saturated heterocycles. The Hall–Kier alpha value is -3.79. The predicted molar refractivity (Wildman–Crippen MR) is 129 cm³/mol. The van der Waals surface area contributed by atoms with Crippen LogP contribution < -0.4 is 10.7 Å². The molecule has 3 heterocycles. The second-order valence-corrected chi connectivity index (χ2v) is 8.33. The molecule has 0 spiro atoms. The lowest BCUT2D eigenvalue weighted by Gasteiger charge is -2.12. The van der Waals surface area contributed by atoms with Crippen molar-refractivity contribution in [2.75, 3.05) is 0 Å². The SMILES string of the molecule is Cc1ccc(C)c(Cn2c(Cc3ccncc3)nc3c2=CC(c2ccncc2)=CCC=3)c1. The van der Waals surface area contributed by atoms with E-state index in [9.17, 15) is 0 Å². The van der Waals surface area contributed by atoms with E-state index in [1.165, 1.54) is 33.4 Å². The lowest BCUT2D eigenvalue weighted by atomic mass is 10.0. The molecule has 4 heteroatoms. The van der Waals surface area contributed by atoms with Gasteiger partial charge in [0, 0.05) is 37.8 Å². The largest absolute Gasteiger partial charge is 0.323 e. The van der Waals surface area contributed by atoms with Gasteiger partial charge in [0.05, 0.1) is 10.7 Å². The van der Waals surface area contributed by atoms with Gasteiger partial charge in [-0.25, -0.2) is 4.98 Å². The topological polar surface area (TPSA) is 43.6 Å². The van der Waals surface area contributed by atoms with Crippen molar-refractivity contribution in [1.29, 1.82) is 0 Å². The Morgan fingerprint density at radius 1 is 0.875 bits per heavy atom. The van der Waals surface area contributed by atoms with Crippen LogP contribution in [0, 0.1) is 13.8 Å². The van der Waals surface area contributed by atoms with Gasteiger partial charge in [0.25, 0.3) is 0 Å². The van der Waals surface area contributed by atoms with Crippen LogP contribution in [0.2, 0.25) is 0 Å². The fourth-order valence-electron chi connectivity index (χ4n) is 4.22. The summed E-state index contributed by atoms with van der Waals surface area (Å²) in [6.07, 6.45) is 15.8. The Morgan fingerprint density at radius 3 is 2.41 bits per heavy atom. The monoisotopic (exact) mass is 418 g/mol. The standard InChI is InChI=1S/C28H26N4/c1-20-6-7-21(2)25(16-20)19-32-27-18-24(23-10-14-30-15-11-23)4-3-5-26(27)31-28(32)17-22-8-12-29-13-9-22/h4-16,18H,3,17,19H2,1-2H3. The van der Waals surface area contributed by atoms with E-state index in [2.05, 4.69) is 89.1 Å². The molecule has 32 heavy (non-hydrogen) atoms. The highest BCUT2D eigenvalue weighted by atomic mass is 15.1. The van der Waals surface area contributed by atoms with Crippen LogP contribution in [-0.4, -0.2) is 19.5 Å². The van der Waals surface area contributed by atoms with Gasteiger partial charge >= 0.3 is 0 Å². The molecular weight excluding hydrogens is 392 g/mol. The van der Waals surface area contributed by atoms with E-state index >= 15 is 0 Å². The number of nitrogens with zero attached hydrogens (tertiary/aromatic N) is 4. The lowest BCUT2D eigenvalue weighted by molar-refractivity contribution is 0.718. The van der Waals surface area contributed by atoms with Crippen molar-refractivity contribution < 1.29 is 0 Å². The maximum atomic E-state index is 5.09. The van der Waals surface area contributed by atoms with Crippen LogP contribution in [0.1, 0.15) is 40.1 Å². The Kier molecular flexibility index (Phi) is 5.51. The van der Waals surface area contributed by atoms with Gasteiger partial charge in [0.15, 0.2) is 0 Å². The Bertz CT molecular complexity index is 1400. The minimum absolute atomic E-state index is 0.774. The number of benzene rings is 1. The molecule has 1 aliphatic carbocycles. The predicted octanol–water partition coefficient (Wildman–Crippen LogP) is 3.98. The van der Waals surface area contributed by atoms with Crippen LogP contribution in [-0.2, 0) is 13.0 Å². The molecule has 4 aromatic rings. The first-order valence-electron chi connectivity index (χ1n) is 11.0. The van der Waals surface area contributed by atoms with Crippen LogP contribution in [0.15, 0.2) is 73.3 Å². The highest BCUT2D eigenvalue weighted by Gasteiger charge is 2.13. The van der Waals surface area contributed by atoms with E-state index in [1.54, 1.807) is 0 Å². The number of hydrogen-bond acceptors (Lipinski definition) is 3. The fourth-order valence-corrected chi connectivity index (χ4v) is 4.22. The van der Waals surface area contributed by atoms with E-state index in [1.807, 2.05) is 24.8 Å². The molecule has 0 amide bonds. The van der Waals surface area contributed by atoms with Gasteiger partial charge < -0.3 is 4.57 Å². The van der Waals surface area contributed by atoms with Crippen molar-refractivity contribution in [2.45, 2.75) is 33.2 Å². The number of pyridine rings is 2. The Morgan fingerprint density at radius 2 is 1.62 bits per heavy atom. The van der Waals surface area contributed by atoms with Crippen LogP contribution >= 0.6 is 0 Å². The summed E-state index contributed by atoms with van der Waals surface area (Å²) in [5.74, 6) is 1.07. The van der Waals surface area contributed by atoms with E-state index in [4.69, 9.17) is 4.98 Å². The van der Waals surface area contributed by atoms with Crippen molar-refractivity contribution >= 4 is 17.7 Å². The average Bonchev–Trinajstić information content (AvgIpc) is 2.98. The molecule has 0 saturated carbocycles. The summed E-state index contributed by atoms with van der Waals surface area (Å²) in [5.41, 5.74) is 7.51. The third kappa shape index (κ3) is 4.17. The van der Waals surface area contributed by atoms with Gasteiger partial charge in [-0.05, 0) is 78.4 Å². The number of hydrogen-bond donors (Lipinski definition) is 0. The molecule has 158 valence electrons. The van der Waals surface area contributed by atoms with E-state index in [-0.39, 0.29) is 0 Å². The molecule has 0 fully saturated rings. The van der Waals surface area contributed by atoms with Crippen molar-refractivity contribution in [1.82, 2.24) is 19.5 Å². The van der Waals surface area contributed by atoms with Crippen LogP contribution in [0.4, 0.5) is 0 Å². The molecule has 0 aliphatic heterocycles. The second-order valence-electron chi connectivity index (χ2n) is 8.33. The van der Waals surface area contributed by atoms with Gasteiger partial charge in [-0.15, -0.1) is 0 Å². The maximum absolute atomic E-state index is 5.09. The minimum Gasteiger partial charge on any atom is -0.323 e. The number of rotatable bonds is 5. The summed E-state index contributed by atoms with van der Waals surface area (Å²) < 4.78 is 2.38. The summed E-state index contributed by atoms with van der Waals surface area (Å²) >= 11 is 0. The molecule has 5 rings (SSSR count). The van der Waals surface area contributed by atoms with E-state index in [0.29, 0.717) is 0 Å². The second kappa shape index (κ2) is 8.75. The molecular formula is C28H26N4. The van der Waals surface area contributed by atoms with Crippen molar-refractivity contribution in [3.8, 4) is 0 Å². The maximum Gasteiger partial charge on any atom is 0.114 e. The Balaban J connectivity index is 1.67. The minimum atomic E-state index is 0.774. The number of aromatic nitrogens is 4. The van der Waals surface area contributed by atoms with Crippen LogP contribution in [0.5, 0.6) is 0 Å². The third-order valence-electron chi connectivity index (χ3n) is 6.01. The molecule has 0 radical (unpaired) electrons. The summed E-state index contributed by atoms with van der Waals surface area (Å²) in [5, 5.41) is 2.22. The summed E-state index contributed by atoms with van der Waals surface area (Å²) in [6.45, 7) is 5.13. The molecule has 1 aromatic carbocycles. The first-order chi connectivity index (χ1) is 15.7. The van der Waals surface area contributed by atoms with Gasteiger partial charge in [-0.3, -0.25) is 9.97 Å². The van der Waals surface area contributed by atoms with Crippen molar-refractivity contribution in [2.24, 2.45) is 0 Å². The lowest BCUT2D eigenvalue weighted by Crippen LogP contribution is -2.30. The third-order valence-corrected chi connectivity index (χ3v) is 6.01. The molecule has 0 N–H and O–H groups in total. The van der Waals surface area contributed by atoms with Crippen LogP contribution in [0.3, 0.4) is 0 Å². The van der Waals surface area contributed by atoms with Gasteiger partial charge in [0.2, 0.25) is 0 Å². The zero-order valence-electron chi connectivity index (χ0n) is 18.5. The molecule has 0 unspecified atom stereocenters. The quantitative estimate of drug-likeness (QED) is 0.492. The average molecular weight is 419 g/mol. The van der Waals surface area contributed by atoms with Crippen molar-refractivity contribution in [3.63, 3.8) is 0 Å². The molecule has 0 bridgehead atoms. The number of imidazole rings is 1. The zero-order valence-corrected chi connectivity index (χ0v) is 18.5.